The zero-order valence-electron chi connectivity index (χ0n) is 11.1. The first-order chi connectivity index (χ1) is 8.10. The molecular formula is C13H21ClN2O2. The summed E-state index contributed by atoms with van der Waals surface area (Å²) in [5, 5.41) is 0. The van der Waals surface area contributed by atoms with Gasteiger partial charge in [-0.2, -0.15) is 0 Å². The van der Waals surface area contributed by atoms with Crippen molar-refractivity contribution >= 4 is 18.3 Å². The molecule has 0 aliphatic heterocycles. The summed E-state index contributed by atoms with van der Waals surface area (Å²) in [5.41, 5.74) is 7.27. The molecule has 0 saturated heterocycles. The molecule has 0 heterocycles. The quantitative estimate of drug-likeness (QED) is 0.887. The number of rotatable bonds is 5. The molecule has 1 amide bonds. The molecule has 0 fully saturated rings. The fourth-order valence-electron chi connectivity index (χ4n) is 1.47. The molecule has 0 radical (unpaired) electrons. The van der Waals surface area contributed by atoms with E-state index in [0.717, 1.165) is 5.56 Å². The smallest absolute Gasteiger partial charge is 0.253 e. The van der Waals surface area contributed by atoms with Gasteiger partial charge in [0.2, 0.25) is 0 Å². The van der Waals surface area contributed by atoms with Crippen molar-refractivity contribution < 1.29 is 9.53 Å². The van der Waals surface area contributed by atoms with Crippen LogP contribution in [-0.2, 0) is 11.3 Å². The lowest BCUT2D eigenvalue weighted by atomic mass is 10.1. The fourth-order valence-corrected chi connectivity index (χ4v) is 1.47. The Balaban J connectivity index is 0.00000289. The number of nitrogens with two attached hydrogens (primary N) is 1. The summed E-state index contributed by atoms with van der Waals surface area (Å²) < 4.78 is 5.02. The molecular weight excluding hydrogens is 252 g/mol. The second-order valence-corrected chi connectivity index (χ2v) is 4.13. The average Bonchev–Trinajstić information content (AvgIpc) is 2.37. The first-order valence-electron chi connectivity index (χ1n) is 5.65. The molecule has 0 aliphatic rings. The molecule has 102 valence electrons. The molecule has 1 aromatic carbocycles. The van der Waals surface area contributed by atoms with Crippen LogP contribution in [0.25, 0.3) is 0 Å². The highest BCUT2D eigenvalue weighted by Gasteiger charge is 2.15. The predicted molar refractivity (Wildman–Crippen MR) is 75.0 cm³/mol. The molecule has 1 unspecified atom stereocenters. The van der Waals surface area contributed by atoms with Crippen molar-refractivity contribution in [3.05, 3.63) is 35.4 Å². The van der Waals surface area contributed by atoms with Gasteiger partial charge < -0.3 is 15.4 Å². The maximum Gasteiger partial charge on any atom is 0.253 e. The zero-order valence-corrected chi connectivity index (χ0v) is 11.9. The number of methoxy groups -OCH3 is 1. The molecule has 5 heteroatoms. The Morgan fingerprint density at radius 1 is 1.39 bits per heavy atom. The second kappa shape index (κ2) is 8.08. The molecule has 0 aliphatic carbocycles. The Bertz CT molecular complexity index is 368. The number of nitrogens with zero attached hydrogens (tertiary/aromatic N) is 1. The van der Waals surface area contributed by atoms with Crippen molar-refractivity contribution in [1.82, 2.24) is 4.90 Å². The second-order valence-electron chi connectivity index (χ2n) is 4.13. The van der Waals surface area contributed by atoms with Gasteiger partial charge in [-0.1, -0.05) is 12.1 Å². The number of ether oxygens (including phenoxy) is 1. The van der Waals surface area contributed by atoms with E-state index >= 15 is 0 Å². The number of amides is 1. The van der Waals surface area contributed by atoms with Gasteiger partial charge >= 0.3 is 0 Å². The van der Waals surface area contributed by atoms with Crippen molar-refractivity contribution in [3.8, 4) is 0 Å². The minimum Gasteiger partial charge on any atom is -0.380 e. The highest BCUT2D eigenvalue weighted by atomic mass is 35.5. The van der Waals surface area contributed by atoms with E-state index in [-0.39, 0.29) is 24.4 Å². The molecule has 1 aromatic rings. The first-order valence-corrected chi connectivity index (χ1v) is 5.65. The maximum atomic E-state index is 12.1. The summed E-state index contributed by atoms with van der Waals surface area (Å²) in [6.45, 7) is 2.95. The number of hydrogen-bond donors (Lipinski definition) is 1. The van der Waals surface area contributed by atoms with E-state index in [1.807, 2.05) is 31.2 Å². The van der Waals surface area contributed by atoms with Crippen LogP contribution in [0.15, 0.2) is 24.3 Å². The summed E-state index contributed by atoms with van der Waals surface area (Å²) in [6, 6.07) is 7.48. The summed E-state index contributed by atoms with van der Waals surface area (Å²) in [5.74, 6) is -0.00748. The molecule has 4 nitrogen and oxygen atoms in total. The van der Waals surface area contributed by atoms with Gasteiger partial charge in [0, 0.05) is 32.3 Å². The number of hydrogen-bond acceptors (Lipinski definition) is 3. The lowest BCUT2D eigenvalue weighted by molar-refractivity contribution is 0.0748. The standard InChI is InChI=1S/C13H20N2O2.ClH/c1-10(8-14)15(2)13(16)12-6-4-11(5-7-12)9-17-3;/h4-7,10H,8-9,14H2,1-3H3;1H. The maximum absolute atomic E-state index is 12.1. The highest BCUT2D eigenvalue weighted by Crippen LogP contribution is 2.09. The topological polar surface area (TPSA) is 55.6 Å². The van der Waals surface area contributed by atoms with Crippen LogP contribution in [0.4, 0.5) is 0 Å². The number of halogens is 1. The lowest BCUT2D eigenvalue weighted by Gasteiger charge is -2.23. The summed E-state index contributed by atoms with van der Waals surface area (Å²) in [6.07, 6.45) is 0. The van der Waals surface area contributed by atoms with Crippen LogP contribution in [-0.4, -0.2) is 37.6 Å². The Hall–Kier alpha value is -1.10. The predicted octanol–water partition coefficient (Wildman–Crippen LogP) is 1.67. The number of carbonyl (C=O) groups is 1. The Kier molecular flexibility index (Phi) is 7.59. The van der Waals surface area contributed by atoms with Gasteiger partial charge in [-0.05, 0) is 24.6 Å². The highest BCUT2D eigenvalue weighted by molar-refractivity contribution is 5.94. The Morgan fingerprint density at radius 3 is 2.39 bits per heavy atom. The molecule has 18 heavy (non-hydrogen) atoms. The van der Waals surface area contributed by atoms with Gasteiger partial charge in [0.15, 0.2) is 0 Å². The number of likely N-dealkylation sites (N-methyl/N-ethyl adjacent to an activating group) is 1. The number of carbonyl (C=O) groups excluding carboxylic acids is 1. The van der Waals surface area contributed by atoms with Crippen LogP contribution < -0.4 is 5.73 Å². The van der Waals surface area contributed by atoms with Crippen LogP contribution in [0.3, 0.4) is 0 Å². The van der Waals surface area contributed by atoms with Gasteiger partial charge in [0.25, 0.3) is 5.91 Å². The van der Waals surface area contributed by atoms with Gasteiger partial charge in [0.1, 0.15) is 0 Å². The van der Waals surface area contributed by atoms with Gasteiger partial charge in [0.05, 0.1) is 6.61 Å². The monoisotopic (exact) mass is 272 g/mol. The largest absolute Gasteiger partial charge is 0.380 e. The first kappa shape index (κ1) is 16.9. The van der Waals surface area contributed by atoms with Gasteiger partial charge in [-0.25, -0.2) is 0 Å². The van der Waals surface area contributed by atoms with Crippen LogP contribution in [0.1, 0.15) is 22.8 Å². The fraction of sp³-hybridized carbons (Fsp3) is 0.462. The van der Waals surface area contributed by atoms with E-state index in [4.69, 9.17) is 10.5 Å². The van der Waals surface area contributed by atoms with Crippen molar-refractivity contribution in [2.75, 3.05) is 20.7 Å². The van der Waals surface area contributed by atoms with Crippen molar-refractivity contribution in [1.29, 1.82) is 0 Å². The van der Waals surface area contributed by atoms with Crippen molar-refractivity contribution in [2.24, 2.45) is 5.73 Å². The third kappa shape index (κ3) is 4.29. The van der Waals surface area contributed by atoms with E-state index in [0.29, 0.717) is 18.7 Å². The summed E-state index contributed by atoms with van der Waals surface area (Å²) in [7, 11) is 3.42. The van der Waals surface area contributed by atoms with Crippen LogP contribution in [0.2, 0.25) is 0 Å². The molecule has 0 saturated carbocycles. The van der Waals surface area contributed by atoms with Crippen LogP contribution in [0, 0.1) is 0 Å². The zero-order chi connectivity index (χ0) is 12.8. The molecule has 0 bridgehead atoms. The minimum atomic E-state index is -0.00748. The molecule has 2 N–H and O–H groups in total. The van der Waals surface area contributed by atoms with Gasteiger partial charge in [-0.15, -0.1) is 12.4 Å². The minimum absolute atomic E-state index is 0. The van der Waals surface area contributed by atoms with Gasteiger partial charge in [-0.3, -0.25) is 4.79 Å². The summed E-state index contributed by atoms with van der Waals surface area (Å²) >= 11 is 0. The summed E-state index contributed by atoms with van der Waals surface area (Å²) in [4.78, 5) is 13.7. The van der Waals surface area contributed by atoms with E-state index in [2.05, 4.69) is 0 Å². The van der Waals surface area contributed by atoms with E-state index in [1.54, 1.807) is 19.1 Å². The Labute approximate surface area is 115 Å². The van der Waals surface area contributed by atoms with E-state index in [9.17, 15) is 4.79 Å². The van der Waals surface area contributed by atoms with Crippen molar-refractivity contribution in [3.63, 3.8) is 0 Å². The molecule has 0 aromatic heterocycles. The van der Waals surface area contributed by atoms with Crippen LogP contribution >= 0.6 is 12.4 Å². The average molecular weight is 273 g/mol. The molecule has 0 spiro atoms. The van der Waals surface area contributed by atoms with Crippen molar-refractivity contribution in [2.45, 2.75) is 19.6 Å². The molecule has 1 atom stereocenters. The van der Waals surface area contributed by atoms with E-state index < -0.39 is 0 Å². The van der Waals surface area contributed by atoms with E-state index in [1.165, 1.54) is 0 Å². The lowest BCUT2D eigenvalue weighted by Crippen LogP contribution is -2.39. The Morgan fingerprint density at radius 2 is 1.94 bits per heavy atom. The molecule has 1 rings (SSSR count). The number of benzene rings is 1. The third-order valence-electron chi connectivity index (χ3n) is 2.83. The normalized spacial score (nSPS) is 11.6. The SMILES string of the molecule is COCc1ccc(C(=O)N(C)C(C)CN)cc1.Cl. The third-order valence-corrected chi connectivity index (χ3v) is 2.83. The van der Waals surface area contributed by atoms with Crippen LogP contribution in [0.5, 0.6) is 0 Å².